The lowest BCUT2D eigenvalue weighted by Gasteiger charge is -2.21. The van der Waals surface area contributed by atoms with Gasteiger partial charge in [0.05, 0.1) is 6.54 Å². The minimum absolute atomic E-state index is 0.593. The van der Waals surface area contributed by atoms with Crippen LogP contribution in [0.25, 0.3) is 0 Å². The van der Waals surface area contributed by atoms with Crippen molar-refractivity contribution in [1.29, 1.82) is 0 Å². The van der Waals surface area contributed by atoms with Crippen molar-refractivity contribution >= 4 is 23.7 Å². The molecule has 0 radical (unpaired) electrons. The maximum atomic E-state index is 4.78. The number of nitrogens with one attached hydrogen (secondary N) is 2. The molecule has 0 amide bonds. The average molecular weight is 350 g/mol. The molecule has 6 nitrogen and oxygen atoms in total. The van der Waals surface area contributed by atoms with Gasteiger partial charge in [-0.3, -0.25) is 4.99 Å². The van der Waals surface area contributed by atoms with Gasteiger partial charge in [-0.1, -0.05) is 13.0 Å². The molecule has 26 heavy (non-hydrogen) atoms. The van der Waals surface area contributed by atoms with Gasteiger partial charge in [0.15, 0.2) is 0 Å². The SMILES string of the molecule is CCC1CCN(c2nc(C)cc(Nc3ccc4c(c3)C=NC4)n2)CCN1. The first-order valence-corrected chi connectivity index (χ1v) is 9.45. The van der Waals surface area contributed by atoms with Gasteiger partial charge in [0.25, 0.3) is 0 Å². The minimum atomic E-state index is 0.593. The van der Waals surface area contributed by atoms with Crippen molar-refractivity contribution in [3.8, 4) is 0 Å². The van der Waals surface area contributed by atoms with Gasteiger partial charge in [-0.05, 0) is 43.0 Å². The zero-order valence-electron chi connectivity index (χ0n) is 15.5. The number of rotatable bonds is 4. The second kappa shape index (κ2) is 7.41. The smallest absolute Gasteiger partial charge is 0.227 e. The monoisotopic (exact) mass is 350 g/mol. The van der Waals surface area contributed by atoms with Crippen LogP contribution >= 0.6 is 0 Å². The van der Waals surface area contributed by atoms with E-state index in [1.807, 2.05) is 19.2 Å². The average Bonchev–Trinajstić information content (AvgIpc) is 2.96. The highest BCUT2D eigenvalue weighted by molar-refractivity contribution is 5.86. The Balaban J connectivity index is 1.53. The van der Waals surface area contributed by atoms with Crippen LogP contribution in [0.4, 0.5) is 17.5 Å². The molecule has 1 saturated heterocycles. The van der Waals surface area contributed by atoms with Crippen LogP contribution < -0.4 is 15.5 Å². The van der Waals surface area contributed by atoms with Gasteiger partial charge in [0, 0.05) is 49.3 Å². The Morgan fingerprint density at radius 3 is 3.04 bits per heavy atom. The molecule has 136 valence electrons. The predicted molar refractivity (Wildman–Crippen MR) is 107 cm³/mol. The van der Waals surface area contributed by atoms with Gasteiger partial charge < -0.3 is 15.5 Å². The summed E-state index contributed by atoms with van der Waals surface area (Å²) in [5, 5.41) is 7.03. The molecule has 6 heteroatoms. The summed E-state index contributed by atoms with van der Waals surface area (Å²) >= 11 is 0. The van der Waals surface area contributed by atoms with E-state index < -0.39 is 0 Å². The minimum Gasteiger partial charge on any atom is -0.340 e. The summed E-state index contributed by atoms with van der Waals surface area (Å²) in [6.45, 7) is 7.95. The number of fused-ring (bicyclic) bond motifs is 1. The first-order chi connectivity index (χ1) is 12.7. The van der Waals surface area contributed by atoms with E-state index >= 15 is 0 Å². The Hall–Kier alpha value is -2.47. The Morgan fingerprint density at radius 2 is 2.15 bits per heavy atom. The normalized spacial score (nSPS) is 19.3. The standard InChI is InChI=1S/C20H26N6/c1-3-17-6-8-26(9-7-22-17)20-23-14(2)10-19(25-20)24-18-5-4-15-12-21-13-16(15)11-18/h4-5,10-11,13,17,22H,3,6-9,12H2,1-2H3,(H,23,24,25). The number of hydrogen-bond acceptors (Lipinski definition) is 6. The van der Waals surface area contributed by atoms with Gasteiger partial charge >= 0.3 is 0 Å². The van der Waals surface area contributed by atoms with E-state index in [-0.39, 0.29) is 0 Å². The molecule has 0 saturated carbocycles. The van der Waals surface area contributed by atoms with Crippen LogP contribution in [-0.2, 0) is 6.54 Å². The topological polar surface area (TPSA) is 65.4 Å². The summed E-state index contributed by atoms with van der Waals surface area (Å²) in [6, 6.07) is 8.94. The number of aliphatic imine (C=N–C) groups is 1. The number of hydrogen-bond donors (Lipinski definition) is 2. The third-order valence-corrected chi connectivity index (χ3v) is 5.09. The third kappa shape index (κ3) is 3.70. The summed E-state index contributed by atoms with van der Waals surface area (Å²) in [4.78, 5) is 16.1. The molecule has 4 rings (SSSR count). The quantitative estimate of drug-likeness (QED) is 0.887. The zero-order valence-corrected chi connectivity index (χ0v) is 15.5. The van der Waals surface area contributed by atoms with Crippen LogP contribution in [0.3, 0.4) is 0 Å². The van der Waals surface area contributed by atoms with Gasteiger partial charge in [-0.25, -0.2) is 4.98 Å². The van der Waals surface area contributed by atoms with Gasteiger partial charge in [-0.2, -0.15) is 4.98 Å². The van der Waals surface area contributed by atoms with Crippen molar-refractivity contribution in [2.75, 3.05) is 29.9 Å². The Labute approximate surface area is 154 Å². The van der Waals surface area contributed by atoms with Crippen molar-refractivity contribution in [2.45, 2.75) is 39.3 Å². The molecular formula is C20H26N6. The highest BCUT2D eigenvalue weighted by atomic mass is 15.3. The number of aromatic nitrogens is 2. The Kier molecular flexibility index (Phi) is 4.84. The van der Waals surface area contributed by atoms with Gasteiger partial charge in [0.1, 0.15) is 5.82 Å². The van der Waals surface area contributed by atoms with Crippen molar-refractivity contribution in [3.63, 3.8) is 0 Å². The summed E-state index contributed by atoms with van der Waals surface area (Å²) < 4.78 is 0. The predicted octanol–water partition coefficient (Wildman–Crippen LogP) is 3.04. The molecule has 0 aliphatic carbocycles. The first-order valence-electron chi connectivity index (χ1n) is 9.45. The Bertz CT molecular complexity index is 816. The Morgan fingerprint density at radius 1 is 1.23 bits per heavy atom. The zero-order chi connectivity index (χ0) is 17.9. The van der Waals surface area contributed by atoms with Gasteiger partial charge in [0.2, 0.25) is 5.95 Å². The van der Waals surface area contributed by atoms with E-state index in [0.29, 0.717) is 6.04 Å². The summed E-state index contributed by atoms with van der Waals surface area (Å²) in [6.07, 6.45) is 4.23. The second-order valence-electron chi connectivity index (χ2n) is 7.04. The molecule has 2 N–H and O–H groups in total. The maximum absolute atomic E-state index is 4.78. The van der Waals surface area contributed by atoms with Crippen LogP contribution in [0.5, 0.6) is 0 Å². The van der Waals surface area contributed by atoms with E-state index in [1.54, 1.807) is 0 Å². The molecule has 1 aromatic heterocycles. The lowest BCUT2D eigenvalue weighted by Crippen LogP contribution is -2.30. The van der Waals surface area contributed by atoms with Crippen molar-refractivity contribution in [2.24, 2.45) is 4.99 Å². The van der Waals surface area contributed by atoms with E-state index in [0.717, 1.165) is 62.2 Å². The van der Waals surface area contributed by atoms with Crippen LogP contribution in [0.15, 0.2) is 29.3 Å². The molecule has 2 aromatic rings. The molecule has 1 unspecified atom stereocenters. The van der Waals surface area contributed by atoms with Crippen molar-refractivity contribution in [3.05, 3.63) is 41.1 Å². The number of benzene rings is 1. The summed E-state index contributed by atoms with van der Waals surface area (Å²) in [5.74, 6) is 1.65. The molecule has 1 aromatic carbocycles. The molecule has 2 aliphatic rings. The largest absolute Gasteiger partial charge is 0.340 e. The third-order valence-electron chi connectivity index (χ3n) is 5.09. The van der Waals surface area contributed by atoms with Crippen molar-refractivity contribution < 1.29 is 0 Å². The number of nitrogens with zero attached hydrogens (tertiary/aromatic N) is 4. The van der Waals surface area contributed by atoms with Crippen LogP contribution in [0.1, 0.15) is 36.6 Å². The highest BCUT2D eigenvalue weighted by Gasteiger charge is 2.18. The van der Waals surface area contributed by atoms with Crippen LogP contribution in [0, 0.1) is 6.92 Å². The lowest BCUT2D eigenvalue weighted by molar-refractivity contribution is 0.509. The molecule has 0 spiro atoms. The van der Waals surface area contributed by atoms with E-state index in [4.69, 9.17) is 4.98 Å². The summed E-state index contributed by atoms with van der Waals surface area (Å²) in [7, 11) is 0. The van der Waals surface area contributed by atoms with E-state index in [2.05, 4.69) is 50.6 Å². The van der Waals surface area contributed by atoms with Crippen LogP contribution in [-0.4, -0.2) is 41.9 Å². The van der Waals surface area contributed by atoms with E-state index in [9.17, 15) is 0 Å². The highest BCUT2D eigenvalue weighted by Crippen LogP contribution is 2.23. The molecule has 2 aliphatic heterocycles. The fourth-order valence-corrected chi connectivity index (χ4v) is 3.56. The molecule has 0 bridgehead atoms. The van der Waals surface area contributed by atoms with E-state index in [1.165, 1.54) is 11.1 Å². The maximum Gasteiger partial charge on any atom is 0.227 e. The molecular weight excluding hydrogens is 324 g/mol. The number of anilines is 3. The molecule has 1 atom stereocenters. The van der Waals surface area contributed by atoms with Gasteiger partial charge in [-0.15, -0.1) is 0 Å². The molecule has 1 fully saturated rings. The fraction of sp³-hybridized carbons (Fsp3) is 0.450. The molecule has 3 heterocycles. The second-order valence-corrected chi connectivity index (χ2v) is 7.04. The first kappa shape index (κ1) is 17.0. The van der Waals surface area contributed by atoms with Crippen molar-refractivity contribution in [1.82, 2.24) is 15.3 Å². The number of aryl methyl sites for hydroxylation is 1. The fourth-order valence-electron chi connectivity index (χ4n) is 3.56. The van der Waals surface area contributed by atoms with Crippen LogP contribution in [0.2, 0.25) is 0 Å². The summed E-state index contributed by atoms with van der Waals surface area (Å²) in [5.41, 5.74) is 4.47. The lowest BCUT2D eigenvalue weighted by atomic mass is 10.1.